The van der Waals surface area contributed by atoms with Crippen LogP contribution in [-0.2, 0) is 9.53 Å². The smallest absolute Gasteiger partial charge is 0.319 e. The second-order valence-corrected chi connectivity index (χ2v) is 7.95. The van der Waals surface area contributed by atoms with Gasteiger partial charge in [0.1, 0.15) is 10.9 Å². The molecule has 0 aliphatic heterocycles. The minimum atomic E-state index is -4.06. The molecule has 0 saturated heterocycles. The van der Waals surface area contributed by atoms with Crippen LogP contribution >= 0.6 is 11.8 Å². The van der Waals surface area contributed by atoms with Gasteiger partial charge in [0.25, 0.3) is 12.3 Å². The number of hydrogen-bond donors (Lipinski definition) is 0. The molecule has 0 fully saturated rings. The van der Waals surface area contributed by atoms with E-state index in [1.54, 1.807) is 20.8 Å². The van der Waals surface area contributed by atoms with Crippen molar-refractivity contribution in [3.8, 4) is 0 Å². The van der Waals surface area contributed by atoms with Crippen molar-refractivity contribution in [2.24, 2.45) is 0 Å². The van der Waals surface area contributed by atoms with Gasteiger partial charge in [0.05, 0.1) is 0 Å². The van der Waals surface area contributed by atoms with Gasteiger partial charge < -0.3 is 4.74 Å². The van der Waals surface area contributed by atoms with Crippen LogP contribution in [0.25, 0.3) is 0 Å². The molecule has 8 heteroatoms. The maximum atomic E-state index is 13.2. The van der Waals surface area contributed by atoms with Gasteiger partial charge in [-0.3, -0.25) is 4.79 Å². The number of esters is 1. The van der Waals surface area contributed by atoms with Crippen molar-refractivity contribution < 1.29 is 31.5 Å². The zero-order valence-electron chi connectivity index (χ0n) is 14.6. The topological polar surface area (TPSA) is 26.3 Å². The van der Waals surface area contributed by atoms with E-state index in [1.165, 1.54) is 0 Å². The molecule has 0 bridgehead atoms. The van der Waals surface area contributed by atoms with Crippen molar-refractivity contribution in [2.45, 2.75) is 89.2 Å². The summed E-state index contributed by atoms with van der Waals surface area (Å²) in [5.74, 6) is -4.32. The molecule has 2 unspecified atom stereocenters. The fraction of sp³-hybridized carbons (Fsp3) is 0.938. The average molecular weight is 378 g/mol. The number of unbranched alkanes of at least 4 members (excludes halogenated alkanes) is 1. The molecule has 0 aliphatic carbocycles. The van der Waals surface area contributed by atoms with Crippen LogP contribution in [0.2, 0.25) is 0 Å². The summed E-state index contributed by atoms with van der Waals surface area (Å²) in [7, 11) is 0. The Morgan fingerprint density at radius 3 is 2.17 bits per heavy atom. The van der Waals surface area contributed by atoms with Crippen LogP contribution in [0.1, 0.15) is 59.8 Å². The number of carbonyl (C=O) groups excluding carboxylic acids is 1. The van der Waals surface area contributed by atoms with E-state index in [9.17, 15) is 26.7 Å². The van der Waals surface area contributed by atoms with Crippen LogP contribution in [0.3, 0.4) is 0 Å². The fourth-order valence-electron chi connectivity index (χ4n) is 1.88. The highest BCUT2D eigenvalue weighted by molar-refractivity contribution is 8.00. The molecule has 0 radical (unpaired) electrons. The number of alkyl halides is 5. The summed E-state index contributed by atoms with van der Waals surface area (Å²) < 4.78 is 68.6. The molecule has 0 aromatic carbocycles. The number of rotatable bonds is 11. The molecule has 0 aliphatic rings. The molecule has 2 nitrogen and oxygen atoms in total. The van der Waals surface area contributed by atoms with Crippen LogP contribution in [0.15, 0.2) is 0 Å². The predicted molar refractivity (Wildman–Crippen MR) is 86.7 cm³/mol. The third-order valence-electron chi connectivity index (χ3n) is 3.09. The van der Waals surface area contributed by atoms with Crippen molar-refractivity contribution in [1.82, 2.24) is 0 Å². The summed E-state index contributed by atoms with van der Waals surface area (Å²) in [6, 6.07) is 0. The van der Waals surface area contributed by atoms with E-state index < -0.39 is 41.8 Å². The summed E-state index contributed by atoms with van der Waals surface area (Å²) >= 11 is 1.15. The Labute approximate surface area is 144 Å². The first-order chi connectivity index (χ1) is 10.9. The zero-order chi connectivity index (χ0) is 19.0. The molecule has 0 heterocycles. The molecule has 0 aromatic heterocycles. The summed E-state index contributed by atoms with van der Waals surface area (Å²) in [4.78, 5) is 12.1. The SMILES string of the molecule is CCCCC(SCCCC(F)(F)C(F)C(F)F)C(=O)OC(C)(C)C. The van der Waals surface area contributed by atoms with Gasteiger partial charge in [-0.1, -0.05) is 19.8 Å². The first-order valence-electron chi connectivity index (χ1n) is 8.05. The minimum Gasteiger partial charge on any atom is -0.459 e. The molecule has 0 saturated carbocycles. The van der Waals surface area contributed by atoms with Crippen molar-refractivity contribution in [2.75, 3.05) is 5.75 Å². The molecular weight excluding hydrogens is 351 g/mol. The van der Waals surface area contributed by atoms with E-state index in [1.807, 2.05) is 6.92 Å². The van der Waals surface area contributed by atoms with Crippen LogP contribution in [0.5, 0.6) is 0 Å². The molecule has 24 heavy (non-hydrogen) atoms. The van der Waals surface area contributed by atoms with Crippen LogP contribution in [0, 0.1) is 0 Å². The number of halogens is 5. The van der Waals surface area contributed by atoms with Crippen molar-refractivity contribution in [3.05, 3.63) is 0 Å². The van der Waals surface area contributed by atoms with Gasteiger partial charge in [0.15, 0.2) is 0 Å². The Kier molecular flexibility index (Phi) is 10.2. The van der Waals surface area contributed by atoms with Crippen molar-refractivity contribution >= 4 is 17.7 Å². The second kappa shape index (κ2) is 10.5. The lowest BCUT2D eigenvalue weighted by molar-refractivity contribution is -0.154. The number of hydrogen-bond acceptors (Lipinski definition) is 3. The highest BCUT2D eigenvalue weighted by Gasteiger charge is 2.45. The number of thioether (sulfide) groups is 1. The first-order valence-corrected chi connectivity index (χ1v) is 9.10. The van der Waals surface area contributed by atoms with Gasteiger partial charge in [-0.15, -0.1) is 11.8 Å². The van der Waals surface area contributed by atoms with E-state index in [0.717, 1.165) is 24.6 Å². The first kappa shape index (κ1) is 23.5. The van der Waals surface area contributed by atoms with Gasteiger partial charge in [0, 0.05) is 6.42 Å². The molecule has 0 spiro atoms. The molecule has 0 amide bonds. The monoisotopic (exact) mass is 378 g/mol. The third kappa shape index (κ3) is 9.69. The Balaban J connectivity index is 4.44. The summed E-state index contributed by atoms with van der Waals surface area (Å²) in [6.07, 6.45) is -6.08. The average Bonchev–Trinajstić information content (AvgIpc) is 2.43. The number of ether oxygens (including phenoxy) is 1. The number of carbonyl (C=O) groups is 1. The fourth-order valence-corrected chi connectivity index (χ4v) is 2.99. The highest BCUT2D eigenvalue weighted by atomic mass is 32.2. The molecule has 144 valence electrons. The minimum absolute atomic E-state index is 0.152. The van der Waals surface area contributed by atoms with Crippen molar-refractivity contribution in [3.63, 3.8) is 0 Å². The van der Waals surface area contributed by atoms with Gasteiger partial charge in [-0.05, 0) is 39.4 Å². The zero-order valence-corrected chi connectivity index (χ0v) is 15.4. The summed E-state index contributed by atoms with van der Waals surface area (Å²) in [5, 5.41) is -0.492. The largest absolute Gasteiger partial charge is 0.459 e. The maximum absolute atomic E-state index is 13.2. The van der Waals surface area contributed by atoms with Crippen molar-refractivity contribution in [1.29, 1.82) is 0 Å². The summed E-state index contributed by atoms with van der Waals surface area (Å²) in [6.45, 7) is 7.17. The van der Waals surface area contributed by atoms with Crippen LogP contribution < -0.4 is 0 Å². The Morgan fingerprint density at radius 2 is 1.71 bits per heavy atom. The van der Waals surface area contributed by atoms with Gasteiger partial charge in [0.2, 0.25) is 6.17 Å². The second-order valence-electron chi connectivity index (χ2n) is 6.64. The van der Waals surface area contributed by atoms with Gasteiger partial charge in [-0.2, -0.15) is 0 Å². The van der Waals surface area contributed by atoms with E-state index in [2.05, 4.69) is 0 Å². The van der Waals surface area contributed by atoms with Crippen LogP contribution in [-0.4, -0.2) is 41.1 Å². The maximum Gasteiger partial charge on any atom is 0.319 e. The third-order valence-corrected chi connectivity index (χ3v) is 4.44. The Hall–Kier alpha value is -0.530. The molecular formula is C16H27F5O2S. The standard InChI is InChI=1S/C16H27F5O2S/c1-5-6-8-11(14(22)23-15(2,3)4)24-10-7-9-16(20,21)12(17)13(18)19/h11-13H,5-10H2,1-4H3. The van der Waals surface area contributed by atoms with E-state index >= 15 is 0 Å². The molecule has 2 atom stereocenters. The van der Waals surface area contributed by atoms with E-state index in [-0.39, 0.29) is 12.2 Å². The lowest BCUT2D eigenvalue weighted by atomic mass is 10.1. The quantitative estimate of drug-likeness (QED) is 0.264. The lowest BCUT2D eigenvalue weighted by Gasteiger charge is -2.24. The predicted octanol–water partition coefficient (Wildman–Crippen LogP) is 5.64. The Morgan fingerprint density at radius 1 is 1.12 bits per heavy atom. The van der Waals surface area contributed by atoms with Gasteiger partial charge >= 0.3 is 5.97 Å². The van der Waals surface area contributed by atoms with Gasteiger partial charge in [-0.25, -0.2) is 22.0 Å². The highest BCUT2D eigenvalue weighted by Crippen LogP contribution is 2.32. The normalized spacial score (nSPS) is 15.4. The lowest BCUT2D eigenvalue weighted by Crippen LogP contribution is -2.35. The Bertz CT molecular complexity index is 372. The summed E-state index contributed by atoms with van der Waals surface area (Å²) in [5.41, 5.74) is -0.645. The van der Waals surface area contributed by atoms with E-state index in [0.29, 0.717) is 6.42 Å². The molecule has 0 aromatic rings. The molecule has 0 N–H and O–H groups in total. The molecule has 0 rings (SSSR count). The van der Waals surface area contributed by atoms with E-state index in [4.69, 9.17) is 4.74 Å². The van der Waals surface area contributed by atoms with Crippen LogP contribution in [0.4, 0.5) is 22.0 Å².